The first-order valence-electron chi connectivity index (χ1n) is 7.66. The second-order valence-corrected chi connectivity index (χ2v) is 5.70. The van der Waals surface area contributed by atoms with Crippen molar-refractivity contribution in [3.8, 4) is 0 Å². The maximum atomic E-state index is 5.51. The van der Waals surface area contributed by atoms with Crippen LogP contribution in [-0.2, 0) is 0 Å². The van der Waals surface area contributed by atoms with Crippen LogP contribution in [0.2, 0.25) is 0 Å². The Morgan fingerprint density at radius 2 is 2.11 bits per heavy atom. The predicted molar refractivity (Wildman–Crippen MR) is 73.0 cm³/mol. The van der Waals surface area contributed by atoms with Crippen LogP contribution in [0, 0.1) is 0 Å². The SMILES string of the molecule is CCN1CCC(c2nc(C3CCCCN3)no2)CC1. The molecule has 0 saturated carbocycles. The first kappa shape index (κ1) is 13.1. The highest BCUT2D eigenvalue weighted by atomic mass is 16.5. The van der Waals surface area contributed by atoms with Crippen LogP contribution in [0.3, 0.4) is 0 Å². The molecule has 5 nitrogen and oxygen atoms in total. The predicted octanol–water partition coefficient (Wildman–Crippen LogP) is 2.08. The number of piperidine rings is 2. The fourth-order valence-electron chi connectivity index (χ4n) is 3.12. The maximum Gasteiger partial charge on any atom is 0.229 e. The zero-order chi connectivity index (χ0) is 13.1. The molecule has 106 valence electrons. The van der Waals surface area contributed by atoms with Crippen LogP contribution in [0.5, 0.6) is 0 Å². The Morgan fingerprint density at radius 3 is 2.79 bits per heavy atom. The van der Waals surface area contributed by atoms with Gasteiger partial charge in [0, 0.05) is 5.92 Å². The average Bonchev–Trinajstić information content (AvgIpc) is 2.98. The lowest BCUT2D eigenvalue weighted by Crippen LogP contribution is -2.32. The third-order valence-corrected chi connectivity index (χ3v) is 4.46. The summed E-state index contributed by atoms with van der Waals surface area (Å²) in [6.45, 7) is 6.75. The summed E-state index contributed by atoms with van der Waals surface area (Å²) in [7, 11) is 0. The van der Waals surface area contributed by atoms with Crippen LogP contribution in [0.25, 0.3) is 0 Å². The van der Waals surface area contributed by atoms with Crippen LogP contribution in [0.15, 0.2) is 4.52 Å². The molecule has 1 aromatic rings. The van der Waals surface area contributed by atoms with E-state index >= 15 is 0 Å². The maximum absolute atomic E-state index is 5.51. The van der Waals surface area contributed by atoms with Gasteiger partial charge in [-0.1, -0.05) is 18.5 Å². The molecule has 0 aromatic carbocycles. The first-order valence-corrected chi connectivity index (χ1v) is 7.66. The van der Waals surface area contributed by atoms with Crippen LogP contribution in [-0.4, -0.2) is 41.2 Å². The van der Waals surface area contributed by atoms with Crippen LogP contribution in [0.4, 0.5) is 0 Å². The molecular formula is C14H24N4O. The van der Waals surface area contributed by atoms with Gasteiger partial charge in [0.1, 0.15) is 0 Å². The Kier molecular flexibility index (Phi) is 4.13. The summed E-state index contributed by atoms with van der Waals surface area (Å²) >= 11 is 0. The third-order valence-electron chi connectivity index (χ3n) is 4.46. The van der Waals surface area contributed by atoms with Gasteiger partial charge >= 0.3 is 0 Å². The van der Waals surface area contributed by atoms with E-state index in [1.54, 1.807) is 0 Å². The van der Waals surface area contributed by atoms with Gasteiger partial charge in [0.2, 0.25) is 5.89 Å². The van der Waals surface area contributed by atoms with Crippen molar-refractivity contribution in [3.63, 3.8) is 0 Å². The molecule has 0 bridgehead atoms. The van der Waals surface area contributed by atoms with E-state index in [4.69, 9.17) is 4.52 Å². The highest BCUT2D eigenvalue weighted by molar-refractivity contribution is 5.00. The summed E-state index contributed by atoms with van der Waals surface area (Å²) < 4.78 is 5.51. The Labute approximate surface area is 114 Å². The molecule has 0 spiro atoms. The molecule has 1 aromatic heterocycles. The Bertz CT molecular complexity index is 392. The smallest absolute Gasteiger partial charge is 0.229 e. The summed E-state index contributed by atoms with van der Waals surface area (Å²) in [4.78, 5) is 7.13. The molecule has 2 aliphatic heterocycles. The molecule has 3 heterocycles. The zero-order valence-electron chi connectivity index (χ0n) is 11.8. The lowest BCUT2D eigenvalue weighted by atomic mass is 9.97. The molecule has 3 rings (SSSR count). The lowest BCUT2D eigenvalue weighted by molar-refractivity contribution is 0.202. The third kappa shape index (κ3) is 2.98. The summed E-state index contributed by atoms with van der Waals surface area (Å²) in [5.74, 6) is 2.19. The molecule has 0 radical (unpaired) electrons. The molecule has 5 heteroatoms. The average molecular weight is 264 g/mol. The van der Waals surface area contributed by atoms with E-state index in [2.05, 4.69) is 27.3 Å². The van der Waals surface area contributed by atoms with Crippen molar-refractivity contribution >= 4 is 0 Å². The Balaban J connectivity index is 1.61. The van der Waals surface area contributed by atoms with E-state index in [0.29, 0.717) is 12.0 Å². The molecule has 1 atom stereocenters. The summed E-state index contributed by atoms with van der Waals surface area (Å²) in [5.41, 5.74) is 0. The van der Waals surface area contributed by atoms with Crippen LogP contribution >= 0.6 is 0 Å². The van der Waals surface area contributed by atoms with Gasteiger partial charge in [-0.2, -0.15) is 4.98 Å². The van der Waals surface area contributed by atoms with E-state index < -0.39 is 0 Å². The van der Waals surface area contributed by atoms with E-state index in [9.17, 15) is 0 Å². The molecular weight excluding hydrogens is 240 g/mol. The fraction of sp³-hybridized carbons (Fsp3) is 0.857. The minimum Gasteiger partial charge on any atom is -0.339 e. The molecule has 1 unspecified atom stereocenters. The number of hydrogen-bond donors (Lipinski definition) is 1. The number of nitrogens with zero attached hydrogens (tertiary/aromatic N) is 3. The first-order chi connectivity index (χ1) is 9.36. The molecule has 2 aliphatic rings. The van der Waals surface area contributed by atoms with Crippen molar-refractivity contribution in [1.29, 1.82) is 0 Å². The molecule has 2 saturated heterocycles. The van der Waals surface area contributed by atoms with Gasteiger partial charge in [-0.3, -0.25) is 0 Å². The van der Waals surface area contributed by atoms with Gasteiger partial charge in [0.05, 0.1) is 6.04 Å². The van der Waals surface area contributed by atoms with Gasteiger partial charge in [0.25, 0.3) is 0 Å². The fourth-order valence-corrected chi connectivity index (χ4v) is 3.12. The molecule has 0 aliphatic carbocycles. The second-order valence-electron chi connectivity index (χ2n) is 5.70. The molecule has 2 fully saturated rings. The topological polar surface area (TPSA) is 54.2 Å². The minimum absolute atomic E-state index is 0.307. The Hall–Kier alpha value is -0.940. The van der Waals surface area contributed by atoms with Crippen LogP contribution < -0.4 is 5.32 Å². The van der Waals surface area contributed by atoms with E-state index in [0.717, 1.165) is 57.2 Å². The van der Waals surface area contributed by atoms with Crippen molar-refractivity contribution in [1.82, 2.24) is 20.4 Å². The largest absolute Gasteiger partial charge is 0.339 e. The van der Waals surface area contributed by atoms with Gasteiger partial charge in [-0.25, -0.2) is 0 Å². The summed E-state index contributed by atoms with van der Waals surface area (Å²) in [5, 5.41) is 7.67. The zero-order valence-corrected chi connectivity index (χ0v) is 11.8. The number of likely N-dealkylation sites (tertiary alicyclic amines) is 1. The van der Waals surface area contributed by atoms with Crippen molar-refractivity contribution in [2.24, 2.45) is 0 Å². The Morgan fingerprint density at radius 1 is 1.26 bits per heavy atom. The van der Waals surface area contributed by atoms with Gasteiger partial charge < -0.3 is 14.7 Å². The van der Waals surface area contributed by atoms with Crippen molar-refractivity contribution < 1.29 is 4.52 Å². The highest BCUT2D eigenvalue weighted by Gasteiger charge is 2.26. The van der Waals surface area contributed by atoms with E-state index in [1.165, 1.54) is 12.8 Å². The molecule has 0 amide bonds. The minimum atomic E-state index is 0.307. The van der Waals surface area contributed by atoms with Gasteiger partial charge in [-0.05, 0) is 51.9 Å². The summed E-state index contributed by atoms with van der Waals surface area (Å²) in [6, 6.07) is 0.307. The normalized spacial score (nSPS) is 26.7. The number of rotatable bonds is 3. The summed E-state index contributed by atoms with van der Waals surface area (Å²) in [6.07, 6.45) is 5.95. The second kappa shape index (κ2) is 6.01. The quantitative estimate of drug-likeness (QED) is 0.906. The van der Waals surface area contributed by atoms with Gasteiger partial charge in [-0.15, -0.1) is 0 Å². The highest BCUT2D eigenvalue weighted by Crippen LogP contribution is 2.28. The van der Waals surface area contributed by atoms with Gasteiger partial charge in [0.15, 0.2) is 5.82 Å². The van der Waals surface area contributed by atoms with E-state index in [1.807, 2.05) is 0 Å². The van der Waals surface area contributed by atoms with Crippen molar-refractivity contribution in [2.45, 2.75) is 51.0 Å². The number of hydrogen-bond acceptors (Lipinski definition) is 5. The van der Waals surface area contributed by atoms with Crippen LogP contribution in [0.1, 0.15) is 62.7 Å². The molecule has 1 N–H and O–H groups in total. The lowest BCUT2D eigenvalue weighted by Gasteiger charge is -2.29. The standard InChI is InChI=1S/C14H24N4O/c1-2-18-9-6-11(7-10-18)14-16-13(17-19-14)12-5-3-4-8-15-12/h11-12,15H,2-10H2,1H3. The monoisotopic (exact) mass is 264 g/mol. The molecule has 19 heavy (non-hydrogen) atoms. The number of aromatic nitrogens is 2. The number of nitrogens with one attached hydrogen (secondary N) is 1. The van der Waals surface area contributed by atoms with E-state index in [-0.39, 0.29) is 0 Å². The van der Waals surface area contributed by atoms with Crippen molar-refractivity contribution in [3.05, 3.63) is 11.7 Å². The van der Waals surface area contributed by atoms with Crippen molar-refractivity contribution in [2.75, 3.05) is 26.2 Å².